The van der Waals surface area contributed by atoms with E-state index in [1.54, 1.807) is 0 Å². The van der Waals surface area contributed by atoms with Gasteiger partial charge in [0.25, 0.3) is 0 Å². The normalized spacial score (nSPS) is 19.7. The smallest absolute Gasteiger partial charge is 0.127 e. The first kappa shape index (κ1) is 22.7. The SMILES string of the molecule is CN1CCC(C(S)Nc2cc3cc(-c4cnn(C)c4CN4CCCCC4)ccc3cn2)CC1. The minimum Gasteiger partial charge on any atom is -0.358 e. The number of piperidine rings is 2. The molecule has 2 aromatic heterocycles. The van der Waals surface area contributed by atoms with Crippen molar-refractivity contribution in [2.24, 2.45) is 13.0 Å². The van der Waals surface area contributed by atoms with E-state index in [-0.39, 0.29) is 5.37 Å². The second-order valence-corrected chi connectivity index (χ2v) is 10.4. The molecule has 0 saturated carbocycles. The summed E-state index contributed by atoms with van der Waals surface area (Å²) in [4.78, 5) is 9.62. The van der Waals surface area contributed by atoms with Crippen molar-refractivity contribution in [3.8, 4) is 11.1 Å². The number of nitrogens with zero attached hydrogens (tertiary/aromatic N) is 5. The molecule has 0 aliphatic carbocycles. The van der Waals surface area contributed by atoms with Crippen molar-refractivity contribution < 1.29 is 0 Å². The fraction of sp³-hybridized carbons (Fsp3) is 0.538. The topological polar surface area (TPSA) is 49.2 Å². The molecule has 0 amide bonds. The minimum absolute atomic E-state index is 0.126. The monoisotopic (exact) mass is 464 g/mol. The molecule has 33 heavy (non-hydrogen) atoms. The van der Waals surface area contributed by atoms with Crippen molar-refractivity contribution in [2.75, 3.05) is 38.5 Å². The van der Waals surface area contributed by atoms with Gasteiger partial charge < -0.3 is 10.2 Å². The Hall–Kier alpha value is -2.09. The molecule has 0 spiro atoms. The average Bonchev–Trinajstić information content (AvgIpc) is 3.19. The molecule has 6 nitrogen and oxygen atoms in total. The molecule has 2 aliphatic rings. The molecule has 1 unspecified atom stereocenters. The molecule has 1 atom stereocenters. The van der Waals surface area contributed by atoms with E-state index in [0.717, 1.165) is 30.8 Å². The number of fused-ring (bicyclic) bond motifs is 1. The van der Waals surface area contributed by atoms with E-state index in [2.05, 4.69) is 63.6 Å². The lowest BCUT2D eigenvalue weighted by Crippen LogP contribution is -2.36. The van der Waals surface area contributed by atoms with Crippen LogP contribution < -0.4 is 5.32 Å². The number of aromatic nitrogens is 3. The maximum atomic E-state index is 4.88. The molecule has 7 heteroatoms. The van der Waals surface area contributed by atoms with Crippen LogP contribution in [0.25, 0.3) is 21.9 Å². The number of anilines is 1. The van der Waals surface area contributed by atoms with Crippen molar-refractivity contribution in [3.05, 3.63) is 42.4 Å². The average molecular weight is 465 g/mol. The van der Waals surface area contributed by atoms with Gasteiger partial charge in [0.2, 0.25) is 0 Å². The number of thiol groups is 1. The Labute approximate surface area is 202 Å². The third-order valence-electron chi connectivity index (χ3n) is 7.42. The van der Waals surface area contributed by atoms with Gasteiger partial charge in [-0.1, -0.05) is 18.6 Å². The number of hydrogen-bond donors (Lipinski definition) is 2. The minimum atomic E-state index is 0.126. The van der Waals surface area contributed by atoms with Crippen LogP contribution in [0.2, 0.25) is 0 Å². The Morgan fingerprint density at radius 1 is 1.00 bits per heavy atom. The molecule has 2 fully saturated rings. The number of benzene rings is 1. The Kier molecular flexibility index (Phi) is 6.90. The molecule has 1 aromatic carbocycles. The van der Waals surface area contributed by atoms with Gasteiger partial charge in [0.15, 0.2) is 0 Å². The second-order valence-electron chi connectivity index (χ2n) is 9.83. The standard InChI is InChI=1S/C26H36N6S/c1-30-12-8-19(9-13-30)26(33)29-25-15-22-14-20(6-7-21(22)16-27-25)23-17-28-31(2)24(23)18-32-10-4-3-5-11-32/h6-7,14-17,19,26,33H,3-5,8-13,18H2,1-2H3,(H,27,29). The fourth-order valence-corrected chi connectivity index (χ4v) is 5.65. The molecule has 1 N–H and O–H groups in total. The van der Waals surface area contributed by atoms with E-state index < -0.39 is 0 Å². The molecule has 4 heterocycles. The Bertz CT molecular complexity index is 1080. The quantitative estimate of drug-likeness (QED) is 0.411. The zero-order chi connectivity index (χ0) is 22.8. The highest BCUT2D eigenvalue weighted by Gasteiger charge is 2.23. The van der Waals surface area contributed by atoms with E-state index in [4.69, 9.17) is 12.6 Å². The zero-order valence-corrected chi connectivity index (χ0v) is 20.8. The number of likely N-dealkylation sites (tertiary alicyclic amines) is 2. The van der Waals surface area contributed by atoms with Gasteiger partial charge in [-0.2, -0.15) is 17.7 Å². The van der Waals surface area contributed by atoms with Gasteiger partial charge in [0, 0.05) is 30.7 Å². The molecule has 176 valence electrons. The van der Waals surface area contributed by atoms with Gasteiger partial charge >= 0.3 is 0 Å². The van der Waals surface area contributed by atoms with Crippen LogP contribution in [0.5, 0.6) is 0 Å². The lowest BCUT2D eigenvalue weighted by atomic mass is 9.97. The van der Waals surface area contributed by atoms with Crippen LogP contribution in [0.4, 0.5) is 5.82 Å². The highest BCUT2D eigenvalue weighted by atomic mass is 32.1. The van der Waals surface area contributed by atoms with Crippen LogP contribution in [0.3, 0.4) is 0 Å². The first-order valence-corrected chi connectivity index (χ1v) is 12.8. The first-order chi connectivity index (χ1) is 16.1. The first-order valence-electron chi connectivity index (χ1n) is 12.3. The van der Waals surface area contributed by atoms with Crippen LogP contribution in [-0.2, 0) is 13.6 Å². The molecule has 0 bridgehead atoms. The van der Waals surface area contributed by atoms with Gasteiger partial charge in [-0.3, -0.25) is 9.58 Å². The zero-order valence-electron chi connectivity index (χ0n) is 19.9. The van der Waals surface area contributed by atoms with Gasteiger partial charge in [0.1, 0.15) is 5.82 Å². The summed E-state index contributed by atoms with van der Waals surface area (Å²) in [5.74, 6) is 1.47. The van der Waals surface area contributed by atoms with Crippen LogP contribution >= 0.6 is 12.6 Å². The van der Waals surface area contributed by atoms with Gasteiger partial charge in [-0.15, -0.1) is 0 Å². The summed E-state index contributed by atoms with van der Waals surface area (Å²) in [5.41, 5.74) is 3.74. The summed E-state index contributed by atoms with van der Waals surface area (Å²) in [5, 5.41) is 10.6. The van der Waals surface area contributed by atoms with E-state index in [1.807, 2.05) is 17.1 Å². The third-order valence-corrected chi connectivity index (χ3v) is 7.97. The Morgan fingerprint density at radius 2 is 1.79 bits per heavy atom. The summed E-state index contributed by atoms with van der Waals surface area (Å²) in [6.45, 7) is 5.62. The number of nitrogens with one attached hydrogen (secondary N) is 1. The number of rotatable bonds is 6. The highest BCUT2D eigenvalue weighted by molar-refractivity contribution is 7.81. The lowest BCUT2D eigenvalue weighted by Gasteiger charge is -2.32. The van der Waals surface area contributed by atoms with Crippen molar-refractivity contribution in [2.45, 2.75) is 44.0 Å². The largest absolute Gasteiger partial charge is 0.358 e. The maximum absolute atomic E-state index is 4.88. The van der Waals surface area contributed by atoms with Crippen LogP contribution in [0.15, 0.2) is 36.7 Å². The van der Waals surface area contributed by atoms with Crippen LogP contribution in [-0.4, -0.2) is 63.2 Å². The predicted octanol–water partition coefficient (Wildman–Crippen LogP) is 4.63. The highest BCUT2D eigenvalue weighted by Crippen LogP contribution is 2.30. The molecule has 3 aromatic rings. The summed E-state index contributed by atoms with van der Waals surface area (Å²) >= 11 is 4.88. The lowest BCUT2D eigenvalue weighted by molar-refractivity contribution is 0.216. The second kappa shape index (κ2) is 10.0. The van der Waals surface area contributed by atoms with E-state index in [0.29, 0.717) is 5.92 Å². The van der Waals surface area contributed by atoms with Gasteiger partial charge in [0.05, 0.1) is 17.3 Å². The predicted molar refractivity (Wildman–Crippen MR) is 140 cm³/mol. The molecular weight excluding hydrogens is 428 g/mol. The molecule has 2 saturated heterocycles. The number of aryl methyl sites for hydroxylation is 1. The fourth-order valence-electron chi connectivity index (χ4n) is 5.22. The van der Waals surface area contributed by atoms with E-state index >= 15 is 0 Å². The molecule has 2 aliphatic heterocycles. The number of hydrogen-bond acceptors (Lipinski definition) is 6. The Morgan fingerprint density at radius 3 is 2.58 bits per heavy atom. The maximum Gasteiger partial charge on any atom is 0.127 e. The molecule has 5 rings (SSSR count). The van der Waals surface area contributed by atoms with Crippen molar-refractivity contribution in [1.82, 2.24) is 24.6 Å². The summed E-state index contributed by atoms with van der Waals surface area (Å²) in [6.07, 6.45) is 10.3. The Balaban J connectivity index is 1.36. The molecule has 0 radical (unpaired) electrons. The van der Waals surface area contributed by atoms with Crippen LogP contribution in [0, 0.1) is 5.92 Å². The summed E-state index contributed by atoms with van der Waals surface area (Å²) in [6, 6.07) is 8.82. The van der Waals surface area contributed by atoms with Gasteiger partial charge in [-0.25, -0.2) is 4.98 Å². The van der Waals surface area contributed by atoms with E-state index in [1.165, 1.54) is 67.4 Å². The van der Waals surface area contributed by atoms with E-state index in [9.17, 15) is 0 Å². The molecular formula is C26H36N6S. The van der Waals surface area contributed by atoms with Crippen molar-refractivity contribution in [3.63, 3.8) is 0 Å². The van der Waals surface area contributed by atoms with Crippen LogP contribution in [0.1, 0.15) is 37.8 Å². The van der Waals surface area contributed by atoms with Crippen molar-refractivity contribution >= 4 is 29.2 Å². The summed E-state index contributed by atoms with van der Waals surface area (Å²) in [7, 11) is 4.26. The number of pyridine rings is 1. The summed E-state index contributed by atoms with van der Waals surface area (Å²) < 4.78 is 2.04. The van der Waals surface area contributed by atoms with Crippen molar-refractivity contribution in [1.29, 1.82) is 0 Å². The van der Waals surface area contributed by atoms with Gasteiger partial charge in [-0.05, 0) is 87.9 Å². The third kappa shape index (κ3) is 5.20.